The standard InChI is InChI=1S/C24H28N4O6/c1-13-9-15(11-20(32-3)23(13)33-4)22-16(12-34-28-22)14-5-7-19(31-2)18(10-14)27-24(30)17(25)6-8-21(26)29/h5,7,9-12,17H,6,8,25H2,1-4H3,(H2,26,29)(H,27,30)/p+1. The number of hydrogen-bond acceptors (Lipinski definition) is 7. The molecule has 3 aromatic rings. The molecule has 0 saturated heterocycles. The summed E-state index contributed by atoms with van der Waals surface area (Å²) in [6.07, 6.45) is 1.86. The van der Waals surface area contributed by atoms with Crippen molar-refractivity contribution in [2.45, 2.75) is 25.8 Å². The van der Waals surface area contributed by atoms with Crippen LogP contribution in [0.15, 0.2) is 41.1 Å². The molecule has 180 valence electrons. The number of rotatable bonds is 10. The summed E-state index contributed by atoms with van der Waals surface area (Å²) < 4.78 is 21.6. The minimum absolute atomic E-state index is 0.0769. The maximum Gasteiger partial charge on any atom is 0.282 e. The van der Waals surface area contributed by atoms with Crippen molar-refractivity contribution in [1.82, 2.24) is 5.16 Å². The topological polar surface area (TPSA) is 154 Å². The number of nitrogens with two attached hydrogens (primary N) is 1. The first-order chi connectivity index (χ1) is 16.3. The van der Waals surface area contributed by atoms with Crippen LogP contribution in [0.1, 0.15) is 18.4 Å². The van der Waals surface area contributed by atoms with Gasteiger partial charge in [0, 0.05) is 24.0 Å². The van der Waals surface area contributed by atoms with Crippen LogP contribution in [0.5, 0.6) is 17.2 Å². The van der Waals surface area contributed by atoms with Crippen LogP contribution < -0.4 is 31.0 Å². The van der Waals surface area contributed by atoms with Gasteiger partial charge in [-0.15, -0.1) is 0 Å². The Kier molecular flexibility index (Phi) is 7.75. The van der Waals surface area contributed by atoms with E-state index in [2.05, 4.69) is 16.2 Å². The van der Waals surface area contributed by atoms with E-state index in [9.17, 15) is 9.59 Å². The normalized spacial score (nSPS) is 11.6. The lowest BCUT2D eigenvalue weighted by atomic mass is 9.99. The zero-order valence-corrected chi connectivity index (χ0v) is 19.6. The summed E-state index contributed by atoms with van der Waals surface area (Å²) in [6, 6.07) is 8.45. The molecule has 3 rings (SSSR count). The van der Waals surface area contributed by atoms with Crippen molar-refractivity contribution >= 4 is 17.5 Å². The maximum atomic E-state index is 12.6. The molecule has 1 unspecified atom stereocenters. The number of quaternary nitrogens is 1. The Morgan fingerprint density at radius 2 is 1.82 bits per heavy atom. The highest BCUT2D eigenvalue weighted by atomic mass is 16.5. The monoisotopic (exact) mass is 469 g/mol. The fourth-order valence-electron chi connectivity index (χ4n) is 3.60. The van der Waals surface area contributed by atoms with E-state index in [1.54, 1.807) is 26.4 Å². The van der Waals surface area contributed by atoms with Gasteiger partial charge < -0.3 is 35.5 Å². The summed E-state index contributed by atoms with van der Waals surface area (Å²) in [6.45, 7) is 1.92. The van der Waals surface area contributed by atoms with Crippen LogP contribution in [-0.2, 0) is 9.59 Å². The first-order valence-electron chi connectivity index (χ1n) is 10.6. The van der Waals surface area contributed by atoms with Crippen molar-refractivity contribution in [2.75, 3.05) is 26.6 Å². The second-order valence-corrected chi connectivity index (χ2v) is 7.71. The number of amides is 2. The first kappa shape index (κ1) is 24.6. The molecule has 0 spiro atoms. The summed E-state index contributed by atoms with van der Waals surface area (Å²) in [5.41, 5.74) is 13.2. The number of carbonyl (C=O) groups is 2. The number of benzene rings is 2. The van der Waals surface area contributed by atoms with Crippen molar-refractivity contribution < 1.29 is 34.1 Å². The smallest absolute Gasteiger partial charge is 0.282 e. The van der Waals surface area contributed by atoms with E-state index in [-0.39, 0.29) is 18.7 Å². The molecule has 0 aliphatic heterocycles. The van der Waals surface area contributed by atoms with Crippen LogP contribution >= 0.6 is 0 Å². The number of nitrogens with one attached hydrogen (secondary N) is 1. The Hall–Kier alpha value is -4.05. The van der Waals surface area contributed by atoms with Crippen LogP contribution in [-0.4, -0.2) is 44.3 Å². The SMILES string of the molecule is COc1ccc(-c2conc2-c2cc(C)c(OC)c(OC)c2)cc1NC(=O)C([NH3+])CCC(N)=O. The van der Waals surface area contributed by atoms with Crippen LogP contribution in [0, 0.1) is 6.92 Å². The van der Waals surface area contributed by atoms with Crippen molar-refractivity contribution in [1.29, 1.82) is 0 Å². The highest BCUT2D eigenvalue weighted by molar-refractivity contribution is 5.96. The van der Waals surface area contributed by atoms with Gasteiger partial charge in [0.05, 0.1) is 27.0 Å². The highest BCUT2D eigenvalue weighted by Gasteiger charge is 2.21. The zero-order chi connectivity index (χ0) is 24.8. The molecule has 34 heavy (non-hydrogen) atoms. The molecule has 0 aliphatic carbocycles. The van der Waals surface area contributed by atoms with Gasteiger partial charge in [0.2, 0.25) is 5.91 Å². The fourth-order valence-corrected chi connectivity index (χ4v) is 3.60. The molecular formula is C24H29N4O6+. The van der Waals surface area contributed by atoms with Crippen molar-refractivity contribution in [2.24, 2.45) is 5.73 Å². The van der Waals surface area contributed by atoms with Crippen molar-refractivity contribution in [3.63, 3.8) is 0 Å². The Bertz CT molecular complexity index is 1190. The van der Waals surface area contributed by atoms with E-state index in [1.165, 1.54) is 13.4 Å². The Morgan fingerprint density at radius 3 is 2.47 bits per heavy atom. The number of nitrogens with zero attached hydrogens (tertiary/aromatic N) is 1. The largest absolute Gasteiger partial charge is 0.495 e. The highest BCUT2D eigenvalue weighted by Crippen LogP contribution is 2.40. The summed E-state index contributed by atoms with van der Waals surface area (Å²) >= 11 is 0. The van der Waals surface area contributed by atoms with Crippen LogP contribution in [0.25, 0.3) is 22.4 Å². The van der Waals surface area contributed by atoms with Crippen molar-refractivity contribution in [3.8, 4) is 39.6 Å². The van der Waals surface area contributed by atoms with Crippen LogP contribution in [0.3, 0.4) is 0 Å². The predicted octanol–water partition coefficient (Wildman–Crippen LogP) is 2.16. The van der Waals surface area contributed by atoms with Crippen molar-refractivity contribution in [3.05, 3.63) is 42.2 Å². The lowest BCUT2D eigenvalue weighted by molar-refractivity contribution is -0.403. The van der Waals surface area contributed by atoms with Gasteiger partial charge in [-0.05, 0) is 42.3 Å². The maximum absolute atomic E-state index is 12.6. The first-order valence-corrected chi connectivity index (χ1v) is 10.6. The predicted molar refractivity (Wildman–Crippen MR) is 126 cm³/mol. The molecule has 6 N–H and O–H groups in total. The minimum Gasteiger partial charge on any atom is -0.495 e. The van der Waals surface area contributed by atoms with Gasteiger partial charge in [-0.25, -0.2) is 0 Å². The van der Waals surface area contributed by atoms with E-state index in [0.717, 1.165) is 16.7 Å². The molecule has 1 atom stereocenters. The number of carbonyl (C=O) groups excluding carboxylic acids is 2. The third-order valence-electron chi connectivity index (χ3n) is 5.39. The van der Waals surface area contributed by atoms with E-state index in [4.69, 9.17) is 24.5 Å². The average molecular weight is 470 g/mol. The summed E-state index contributed by atoms with van der Waals surface area (Å²) in [7, 11) is 4.67. The third kappa shape index (κ3) is 5.29. The van der Waals surface area contributed by atoms with E-state index in [0.29, 0.717) is 34.2 Å². The summed E-state index contributed by atoms with van der Waals surface area (Å²) in [5, 5.41) is 7.02. The lowest BCUT2D eigenvalue weighted by Crippen LogP contribution is -2.66. The number of primary amides is 1. The van der Waals surface area contributed by atoms with Crippen LogP contribution in [0.2, 0.25) is 0 Å². The van der Waals surface area contributed by atoms with Gasteiger partial charge in [0.1, 0.15) is 17.7 Å². The number of aryl methyl sites for hydroxylation is 1. The fraction of sp³-hybridized carbons (Fsp3) is 0.292. The van der Waals surface area contributed by atoms with Crippen LogP contribution in [0.4, 0.5) is 5.69 Å². The number of ether oxygens (including phenoxy) is 3. The van der Waals surface area contributed by atoms with Gasteiger partial charge in [0.25, 0.3) is 5.91 Å². The second kappa shape index (κ2) is 10.7. The van der Waals surface area contributed by atoms with Gasteiger partial charge >= 0.3 is 0 Å². The lowest BCUT2D eigenvalue weighted by Gasteiger charge is -2.14. The molecule has 0 saturated carbocycles. The quantitative estimate of drug-likeness (QED) is 0.411. The van der Waals surface area contributed by atoms with Gasteiger partial charge in [-0.2, -0.15) is 0 Å². The molecule has 1 heterocycles. The van der Waals surface area contributed by atoms with Gasteiger partial charge in [-0.1, -0.05) is 11.2 Å². The van der Waals surface area contributed by atoms with E-state index < -0.39 is 11.9 Å². The third-order valence-corrected chi connectivity index (χ3v) is 5.39. The Morgan fingerprint density at radius 1 is 1.09 bits per heavy atom. The summed E-state index contributed by atoms with van der Waals surface area (Å²) in [4.78, 5) is 23.6. The molecule has 0 fully saturated rings. The minimum atomic E-state index is -0.651. The molecule has 0 radical (unpaired) electrons. The molecule has 0 bridgehead atoms. The van der Waals surface area contributed by atoms with E-state index in [1.807, 2.05) is 25.1 Å². The van der Waals surface area contributed by atoms with E-state index >= 15 is 0 Å². The Balaban J connectivity index is 1.96. The molecule has 10 heteroatoms. The molecular weight excluding hydrogens is 440 g/mol. The molecule has 2 amide bonds. The summed E-state index contributed by atoms with van der Waals surface area (Å²) in [5.74, 6) is 0.861. The number of aromatic nitrogens is 1. The number of anilines is 1. The molecule has 1 aromatic heterocycles. The number of hydrogen-bond donors (Lipinski definition) is 3. The molecule has 10 nitrogen and oxygen atoms in total. The van der Waals surface area contributed by atoms with Gasteiger partial charge in [-0.3, -0.25) is 9.59 Å². The molecule has 2 aromatic carbocycles. The number of methoxy groups -OCH3 is 3. The zero-order valence-electron chi connectivity index (χ0n) is 19.6. The average Bonchev–Trinajstić information content (AvgIpc) is 3.31. The molecule has 0 aliphatic rings. The van der Waals surface area contributed by atoms with Gasteiger partial charge in [0.15, 0.2) is 17.5 Å². The Labute approximate surface area is 197 Å². The second-order valence-electron chi connectivity index (χ2n) is 7.71.